The summed E-state index contributed by atoms with van der Waals surface area (Å²) in [5.41, 5.74) is 2.73. The zero-order chi connectivity index (χ0) is 19.5. The van der Waals surface area contributed by atoms with Crippen molar-refractivity contribution in [3.05, 3.63) is 87.7 Å². The summed E-state index contributed by atoms with van der Waals surface area (Å²) in [4.78, 5) is 4.55. The molecule has 2 heterocycles. The summed E-state index contributed by atoms with van der Waals surface area (Å²) in [6.45, 7) is 0. The van der Waals surface area contributed by atoms with Gasteiger partial charge >= 0.3 is 0 Å². The van der Waals surface area contributed by atoms with Crippen LogP contribution < -0.4 is 0 Å². The van der Waals surface area contributed by atoms with E-state index in [1.165, 1.54) is 23.5 Å². The van der Waals surface area contributed by atoms with Crippen LogP contribution >= 0.6 is 22.9 Å². The van der Waals surface area contributed by atoms with Crippen molar-refractivity contribution in [2.45, 2.75) is 0 Å². The summed E-state index contributed by atoms with van der Waals surface area (Å²) in [6.07, 6.45) is 1.63. The van der Waals surface area contributed by atoms with Gasteiger partial charge in [0.25, 0.3) is 0 Å². The molecule has 0 bridgehead atoms. The molecule has 0 fully saturated rings. The van der Waals surface area contributed by atoms with Crippen LogP contribution in [0.25, 0.3) is 34.2 Å². The Balaban J connectivity index is 1.62. The van der Waals surface area contributed by atoms with Gasteiger partial charge in [0.05, 0.1) is 11.3 Å². The summed E-state index contributed by atoms with van der Waals surface area (Å²) < 4.78 is 19.2. The van der Waals surface area contributed by atoms with Gasteiger partial charge in [0.1, 0.15) is 28.4 Å². The third-order valence-electron chi connectivity index (χ3n) is 4.02. The number of rotatable bonds is 4. The molecule has 0 N–H and O–H groups in total. The van der Waals surface area contributed by atoms with Crippen molar-refractivity contribution < 1.29 is 8.81 Å². The first kappa shape index (κ1) is 18.2. The van der Waals surface area contributed by atoms with Crippen LogP contribution in [0.4, 0.5) is 4.39 Å². The van der Waals surface area contributed by atoms with E-state index in [1.807, 2.05) is 17.5 Å². The van der Waals surface area contributed by atoms with E-state index in [-0.39, 0.29) is 5.82 Å². The molecule has 4 rings (SSSR count). The van der Waals surface area contributed by atoms with E-state index in [9.17, 15) is 9.65 Å². The molecule has 136 valence electrons. The molecule has 0 amide bonds. The van der Waals surface area contributed by atoms with Crippen molar-refractivity contribution in [2.75, 3.05) is 0 Å². The van der Waals surface area contributed by atoms with Crippen molar-refractivity contribution in [3.8, 4) is 28.7 Å². The summed E-state index contributed by atoms with van der Waals surface area (Å²) in [5.74, 6) is 0.698. The van der Waals surface area contributed by atoms with Gasteiger partial charge in [0, 0.05) is 27.6 Å². The molecule has 4 aromatic rings. The molecule has 0 atom stereocenters. The fourth-order valence-corrected chi connectivity index (χ4v) is 3.58. The number of halogens is 2. The van der Waals surface area contributed by atoms with Crippen LogP contribution in [-0.2, 0) is 0 Å². The number of benzene rings is 2. The second-order valence-corrected chi connectivity index (χ2v) is 7.22. The highest BCUT2D eigenvalue weighted by atomic mass is 35.5. The predicted octanol–water partition coefficient (Wildman–Crippen LogP) is 6.93. The lowest BCUT2D eigenvalue weighted by molar-refractivity contribution is 0.570. The molecule has 2 aromatic heterocycles. The topological polar surface area (TPSA) is 49.8 Å². The Morgan fingerprint density at radius 1 is 1.11 bits per heavy atom. The van der Waals surface area contributed by atoms with E-state index in [2.05, 4.69) is 11.1 Å². The van der Waals surface area contributed by atoms with Crippen molar-refractivity contribution in [3.63, 3.8) is 0 Å². The molecule has 0 aliphatic rings. The van der Waals surface area contributed by atoms with E-state index >= 15 is 0 Å². The Labute approximate surface area is 170 Å². The van der Waals surface area contributed by atoms with E-state index < -0.39 is 0 Å². The average Bonchev–Trinajstić information content (AvgIpc) is 3.37. The molecule has 0 unspecified atom stereocenters. The van der Waals surface area contributed by atoms with Crippen LogP contribution in [0.5, 0.6) is 0 Å². The fourth-order valence-electron chi connectivity index (χ4n) is 2.66. The summed E-state index contributed by atoms with van der Waals surface area (Å²) in [6, 6.07) is 19.2. The van der Waals surface area contributed by atoms with Crippen LogP contribution in [0.3, 0.4) is 0 Å². The van der Waals surface area contributed by atoms with Crippen LogP contribution in [0, 0.1) is 17.1 Å². The smallest absolute Gasteiger partial charge is 0.134 e. The predicted molar refractivity (Wildman–Crippen MR) is 110 cm³/mol. The number of nitriles is 1. The number of nitrogens with zero attached hydrogens (tertiary/aromatic N) is 2. The Morgan fingerprint density at radius 3 is 2.68 bits per heavy atom. The van der Waals surface area contributed by atoms with Crippen LogP contribution in [0.15, 0.2) is 70.5 Å². The Kier molecular flexibility index (Phi) is 5.07. The number of allylic oxidation sites excluding steroid dienone is 1. The van der Waals surface area contributed by atoms with Gasteiger partial charge in [-0.2, -0.15) is 5.26 Å². The molecule has 0 saturated carbocycles. The SMILES string of the molecule is N#C/C(=C\c1ccc(-c2cccc(F)c2)o1)c1nc(-c2ccc(Cl)cc2)cs1. The van der Waals surface area contributed by atoms with Crippen LogP contribution in [-0.4, -0.2) is 4.98 Å². The normalized spacial score (nSPS) is 11.4. The minimum atomic E-state index is -0.332. The molecular weight excluding hydrogens is 395 g/mol. The van der Waals surface area contributed by atoms with Crippen molar-refractivity contribution in [1.29, 1.82) is 5.26 Å². The number of hydrogen-bond donors (Lipinski definition) is 0. The van der Waals surface area contributed by atoms with Crippen molar-refractivity contribution in [2.24, 2.45) is 0 Å². The number of hydrogen-bond acceptors (Lipinski definition) is 4. The number of aromatic nitrogens is 1. The zero-order valence-corrected chi connectivity index (χ0v) is 16.0. The molecule has 6 heteroatoms. The molecule has 3 nitrogen and oxygen atoms in total. The van der Waals surface area contributed by atoms with Gasteiger partial charge in [-0.1, -0.05) is 35.9 Å². The highest BCUT2D eigenvalue weighted by Crippen LogP contribution is 2.29. The number of thiazole rings is 1. The van der Waals surface area contributed by atoms with Crippen molar-refractivity contribution >= 4 is 34.6 Å². The maximum Gasteiger partial charge on any atom is 0.134 e. The van der Waals surface area contributed by atoms with Gasteiger partial charge in [-0.05, 0) is 36.4 Å². The molecule has 0 radical (unpaired) electrons. The van der Waals surface area contributed by atoms with Gasteiger partial charge in [-0.25, -0.2) is 9.37 Å². The first-order chi connectivity index (χ1) is 13.6. The zero-order valence-electron chi connectivity index (χ0n) is 14.4. The molecule has 0 aliphatic heterocycles. The lowest BCUT2D eigenvalue weighted by Crippen LogP contribution is -1.82. The molecule has 0 spiro atoms. The second kappa shape index (κ2) is 7.81. The Morgan fingerprint density at radius 2 is 1.93 bits per heavy atom. The average molecular weight is 407 g/mol. The maximum absolute atomic E-state index is 13.4. The first-order valence-corrected chi connectivity index (χ1v) is 9.57. The highest BCUT2D eigenvalue weighted by Gasteiger charge is 2.11. The van der Waals surface area contributed by atoms with E-state index in [0.717, 1.165) is 11.3 Å². The third kappa shape index (κ3) is 3.89. The van der Waals surface area contributed by atoms with Crippen LogP contribution in [0.2, 0.25) is 5.02 Å². The molecule has 0 saturated heterocycles. The standard InChI is InChI=1S/C22H12ClFN2OS/c23-17-6-4-14(5-7-17)20-13-28-22(26-20)16(12-25)11-19-8-9-21(27-19)15-2-1-3-18(24)10-15/h1-11,13H/b16-11+. The lowest BCUT2D eigenvalue weighted by Gasteiger charge is -1.97. The van der Waals surface area contributed by atoms with Gasteiger partial charge in [-0.3, -0.25) is 0 Å². The quantitative estimate of drug-likeness (QED) is 0.345. The maximum atomic E-state index is 13.4. The molecule has 28 heavy (non-hydrogen) atoms. The summed E-state index contributed by atoms with van der Waals surface area (Å²) in [5, 5.41) is 12.7. The monoisotopic (exact) mass is 406 g/mol. The van der Waals surface area contributed by atoms with Gasteiger partial charge in [0.15, 0.2) is 0 Å². The third-order valence-corrected chi connectivity index (χ3v) is 5.15. The molecular formula is C22H12ClFN2OS. The fraction of sp³-hybridized carbons (Fsp3) is 0. The Hall–Kier alpha value is -3.20. The van der Waals surface area contributed by atoms with Gasteiger partial charge in [0.2, 0.25) is 0 Å². The molecule has 0 aliphatic carbocycles. The van der Waals surface area contributed by atoms with Crippen molar-refractivity contribution in [1.82, 2.24) is 4.98 Å². The summed E-state index contributed by atoms with van der Waals surface area (Å²) >= 11 is 7.30. The first-order valence-electron chi connectivity index (χ1n) is 8.32. The van der Waals surface area contributed by atoms with Crippen LogP contribution in [0.1, 0.15) is 10.8 Å². The number of furan rings is 1. The molecule has 2 aromatic carbocycles. The van der Waals surface area contributed by atoms with E-state index in [4.69, 9.17) is 16.0 Å². The minimum absolute atomic E-state index is 0.332. The lowest BCUT2D eigenvalue weighted by atomic mass is 10.2. The van der Waals surface area contributed by atoms with Gasteiger partial charge < -0.3 is 4.42 Å². The van der Waals surface area contributed by atoms with E-state index in [0.29, 0.717) is 32.7 Å². The largest absolute Gasteiger partial charge is 0.457 e. The second-order valence-electron chi connectivity index (χ2n) is 5.93. The summed E-state index contributed by atoms with van der Waals surface area (Å²) in [7, 11) is 0. The highest BCUT2D eigenvalue weighted by molar-refractivity contribution is 7.11. The van der Waals surface area contributed by atoms with E-state index in [1.54, 1.807) is 42.5 Å². The van der Waals surface area contributed by atoms with Gasteiger partial charge in [-0.15, -0.1) is 11.3 Å². The Bertz CT molecular complexity index is 1200. The minimum Gasteiger partial charge on any atom is -0.457 e.